The number of pyridine rings is 1. The summed E-state index contributed by atoms with van der Waals surface area (Å²) in [5.74, 6) is -0.201. The summed E-state index contributed by atoms with van der Waals surface area (Å²) in [7, 11) is 1.78. The van der Waals surface area contributed by atoms with Crippen molar-refractivity contribution in [3.05, 3.63) is 46.0 Å². The first kappa shape index (κ1) is 15.6. The van der Waals surface area contributed by atoms with Crippen LogP contribution in [0.3, 0.4) is 0 Å². The molecule has 1 amide bonds. The summed E-state index contributed by atoms with van der Waals surface area (Å²) in [5.41, 5.74) is 2.24. The summed E-state index contributed by atoms with van der Waals surface area (Å²) in [4.78, 5) is 25.1. The van der Waals surface area contributed by atoms with E-state index in [-0.39, 0.29) is 11.9 Å². The van der Waals surface area contributed by atoms with Crippen molar-refractivity contribution in [1.29, 1.82) is 0 Å². The Kier molecular flexibility index (Phi) is 4.63. The van der Waals surface area contributed by atoms with Crippen molar-refractivity contribution in [3.63, 3.8) is 0 Å². The number of nitrogens with one attached hydrogen (secondary N) is 2. The second kappa shape index (κ2) is 6.84. The zero-order valence-electron chi connectivity index (χ0n) is 12.6. The Morgan fingerprint density at radius 1 is 1.26 bits per heavy atom. The number of carbonyl (C=O) groups excluding carboxylic acids is 1. The average Bonchev–Trinajstić information content (AvgIpc) is 3.25. The average molecular weight is 345 g/mol. The number of nitrogens with zero attached hydrogens (tertiary/aromatic N) is 3. The Balaban J connectivity index is 1.70. The topological polar surface area (TPSA) is 79.8 Å². The van der Waals surface area contributed by atoms with Gasteiger partial charge in [0.25, 0.3) is 5.91 Å². The van der Waals surface area contributed by atoms with Crippen LogP contribution < -0.4 is 10.6 Å². The van der Waals surface area contributed by atoms with Crippen molar-refractivity contribution in [1.82, 2.24) is 20.3 Å². The lowest BCUT2D eigenvalue weighted by molar-refractivity contribution is 0.0935. The number of anilines is 1. The first-order valence-corrected chi connectivity index (χ1v) is 8.73. The zero-order chi connectivity index (χ0) is 16.2. The minimum Gasteiger partial charge on any atom is -0.365 e. The fraction of sp³-hybridized carbons (Fsp3) is 0.200. The lowest BCUT2D eigenvalue weighted by Crippen LogP contribution is -2.26. The van der Waals surface area contributed by atoms with Gasteiger partial charge in [0, 0.05) is 35.8 Å². The number of aromatic nitrogens is 3. The van der Waals surface area contributed by atoms with E-state index < -0.39 is 0 Å². The Labute approximate surface area is 141 Å². The molecule has 0 bridgehead atoms. The van der Waals surface area contributed by atoms with Crippen molar-refractivity contribution in [3.8, 4) is 11.3 Å². The zero-order valence-corrected chi connectivity index (χ0v) is 14.2. The monoisotopic (exact) mass is 345 g/mol. The van der Waals surface area contributed by atoms with Crippen LogP contribution in [0.4, 0.5) is 5.13 Å². The van der Waals surface area contributed by atoms with Gasteiger partial charge in [-0.15, -0.1) is 22.7 Å². The van der Waals surface area contributed by atoms with Gasteiger partial charge in [-0.2, -0.15) is 0 Å². The van der Waals surface area contributed by atoms with Crippen LogP contribution in [0.25, 0.3) is 11.3 Å². The van der Waals surface area contributed by atoms with E-state index in [1.807, 2.05) is 24.4 Å². The van der Waals surface area contributed by atoms with Crippen LogP contribution >= 0.6 is 22.7 Å². The molecule has 0 aliphatic carbocycles. The molecule has 6 nitrogen and oxygen atoms in total. The summed E-state index contributed by atoms with van der Waals surface area (Å²) >= 11 is 2.91. The first-order valence-electron chi connectivity index (χ1n) is 6.97. The van der Waals surface area contributed by atoms with Crippen molar-refractivity contribution in [2.24, 2.45) is 0 Å². The van der Waals surface area contributed by atoms with Gasteiger partial charge in [-0.3, -0.25) is 9.78 Å². The van der Waals surface area contributed by atoms with E-state index >= 15 is 0 Å². The van der Waals surface area contributed by atoms with Crippen LogP contribution in [0.5, 0.6) is 0 Å². The molecular weight excluding hydrogens is 330 g/mol. The maximum absolute atomic E-state index is 12.2. The van der Waals surface area contributed by atoms with Gasteiger partial charge in [0.2, 0.25) is 0 Å². The maximum atomic E-state index is 12.2. The third-order valence-corrected chi connectivity index (χ3v) is 5.04. The molecule has 1 unspecified atom stereocenters. The fourth-order valence-electron chi connectivity index (χ4n) is 1.96. The van der Waals surface area contributed by atoms with Crippen LogP contribution in [0.2, 0.25) is 0 Å². The van der Waals surface area contributed by atoms with E-state index in [1.54, 1.807) is 24.8 Å². The molecule has 0 radical (unpaired) electrons. The van der Waals surface area contributed by atoms with Gasteiger partial charge in [-0.1, -0.05) is 0 Å². The SMILES string of the molecule is CNc1nc(C(=O)NC(C)c2nc(-c3cccnc3)cs2)cs1. The highest BCUT2D eigenvalue weighted by molar-refractivity contribution is 7.13. The van der Waals surface area contributed by atoms with E-state index in [2.05, 4.69) is 25.6 Å². The summed E-state index contributed by atoms with van der Waals surface area (Å²) < 4.78 is 0. The molecule has 3 heterocycles. The Bertz CT molecular complexity index is 799. The molecule has 0 saturated carbocycles. The minimum atomic E-state index is -0.201. The van der Waals surface area contributed by atoms with Gasteiger partial charge in [-0.05, 0) is 19.1 Å². The number of amides is 1. The van der Waals surface area contributed by atoms with Gasteiger partial charge >= 0.3 is 0 Å². The minimum absolute atomic E-state index is 0.183. The fourth-order valence-corrected chi connectivity index (χ4v) is 3.45. The number of hydrogen-bond acceptors (Lipinski definition) is 7. The Morgan fingerprint density at radius 2 is 2.13 bits per heavy atom. The predicted molar refractivity (Wildman–Crippen MR) is 92.9 cm³/mol. The summed E-state index contributed by atoms with van der Waals surface area (Å²) in [5, 5.41) is 11.1. The summed E-state index contributed by atoms with van der Waals surface area (Å²) in [6.45, 7) is 1.91. The maximum Gasteiger partial charge on any atom is 0.271 e. The van der Waals surface area contributed by atoms with Gasteiger partial charge in [-0.25, -0.2) is 9.97 Å². The highest BCUT2D eigenvalue weighted by atomic mass is 32.1. The van der Waals surface area contributed by atoms with Crippen molar-refractivity contribution >= 4 is 33.7 Å². The third kappa shape index (κ3) is 3.54. The summed E-state index contributed by atoms with van der Waals surface area (Å²) in [6.07, 6.45) is 3.50. The predicted octanol–water partition coefficient (Wildman–Crippen LogP) is 3.19. The number of thiazole rings is 2. The van der Waals surface area contributed by atoms with Crippen LogP contribution in [-0.4, -0.2) is 27.9 Å². The van der Waals surface area contributed by atoms with Crippen LogP contribution in [-0.2, 0) is 0 Å². The van der Waals surface area contributed by atoms with Crippen LogP contribution in [0.1, 0.15) is 28.5 Å². The summed E-state index contributed by atoms with van der Waals surface area (Å²) in [6, 6.07) is 3.66. The highest BCUT2D eigenvalue weighted by Gasteiger charge is 2.17. The molecule has 0 fully saturated rings. The van der Waals surface area contributed by atoms with Gasteiger partial charge in [0.1, 0.15) is 10.7 Å². The van der Waals surface area contributed by atoms with E-state index in [4.69, 9.17) is 0 Å². The lowest BCUT2D eigenvalue weighted by Gasteiger charge is -2.09. The molecule has 0 spiro atoms. The molecule has 23 heavy (non-hydrogen) atoms. The van der Waals surface area contributed by atoms with E-state index in [0.29, 0.717) is 5.69 Å². The smallest absolute Gasteiger partial charge is 0.271 e. The highest BCUT2D eigenvalue weighted by Crippen LogP contribution is 2.25. The third-order valence-electron chi connectivity index (χ3n) is 3.15. The quantitative estimate of drug-likeness (QED) is 0.742. The van der Waals surface area contributed by atoms with E-state index in [1.165, 1.54) is 22.7 Å². The van der Waals surface area contributed by atoms with Gasteiger partial charge in [0.05, 0.1) is 11.7 Å². The molecule has 0 aliphatic heterocycles. The molecule has 8 heteroatoms. The van der Waals surface area contributed by atoms with Crippen molar-refractivity contribution in [2.75, 3.05) is 12.4 Å². The number of carbonyl (C=O) groups is 1. The van der Waals surface area contributed by atoms with Gasteiger partial charge < -0.3 is 10.6 Å². The van der Waals surface area contributed by atoms with E-state index in [0.717, 1.165) is 21.4 Å². The molecule has 118 valence electrons. The number of rotatable bonds is 5. The molecule has 3 aromatic heterocycles. The molecule has 2 N–H and O–H groups in total. The molecule has 3 rings (SSSR count). The molecular formula is C15H15N5OS2. The standard InChI is InChI=1S/C15H15N5OS2/c1-9(18-13(21)12-8-23-15(16-2)20-12)14-19-11(7-22-14)10-4-3-5-17-6-10/h3-9H,1-2H3,(H,16,20)(H,18,21). The molecule has 0 saturated heterocycles. The molecule has 1 atom stereocenters. The Morgan fingerprint density at radius 3 is 2.83 bits per heavy atom. The molecule has 0 aromatic carbocycles. The van der Waals surface area contributed by atoms with Crippen LogP contribution in [0.15, 0.2) is 35.3 Å². The van der Waals surface area contributed by atoms with Crippen LogP contribution in [0, 0.1) is 0 Å². The second-order valence-corrected chi connectivity index (χ2v) is 6.54. The number of hydrogen-bond donors (Lipinski definition) is 2. The molecule has 0 aliphatic rings. The van der Waals surface area contributed by atoms with Crippen molar-refractivity contribution in [2.45, 2.75) is 13.0 Å². The largest absolute Gasteiger partial charge is 0.365 e. The normalized spacial score (nSPS) is 11.9. The Hall–Kier alpha value is -2.32. The second-order valence-electron chi connectivity index (χ2n) is 4.80. The molecule has 3 aromatic rings. The first-order chi connectivity index (χ1) is 11.2. The van der Waals surface area contributed by atoms with Crippen molar-refractivity contribution < 1.29 is 4.79 Å². The van der Waals surface area contributed by atoms with Gasteiger partial charge in [0.15, 0.2) is 5.13 Å². The van der Waals surface area contributed by atoms with E-state index in [9.17, 15) is 4.79 Å². The lowest BCUT2D eigenvalue weighted by atomic mass is 10.2.